The van der Waals surface area contributed by atoms with Gasteiger partial charge in [0.05, 0.1) is 5.69 Å². The maximum absolute atomic E-state index is 9.72. The number of aromatic hydroxyl groups is 2. The summed E-state index contributed by atoms with van der Waals surface area (Å²) in [5.41, 5.74) is 13.1. The van der Waals surface area contributed by atoms with E-state index in [9.17, 15) is 10.2 Å². The summed E-state index contributed by atoms with van der Waals surface area (Å²) in [4.78, 5) is 0. The zero-order chi connectivity index (χ0) is 11.7. The van der Waals surface area contributed by atoms with Crippen molar-refractivity contribution in [2.24, 2.45) is 0 Å². The second-order valence-corrected chi connectivity index (χ2v) is 3.55. The largest absolute Gasteiger partial charge is 0.507 e. The van der Waals surface area contributed by atoms with Gasteiger partial charge in [-0.05, 0) is 23.8 Å². The van der Waals surface area contributed by atoms with Gasteiger partial charge in [-0.3, -0.25) is 0 Å². The van der Waals surface area contributed by atoms with E-state index >= 15 is 0 Å². The second-order valence-electron chi connectivity index (χ2n) is 3.55. The monoisotopic (exact) mass is 216 g/mol. The number of nitrogens with two attached hydrogens (primary N) is 2. The molecule has 0 radical (unpaired) electrons. The van der Waals surface area contributed by atoms with Crippen molar-refractivity contribution in [1.82, 2.24) is 0 Å². The first-order valence-corrected chi connectivity index (χ1v) is 4.75. The first-order valence-electron chi connectivity index (χ1n) is 4.75. The molecule has 0 saturated carbocycles. The number of phenols is 2. The molecule has 82 valence electrons. The number of anilines is 2. The lowest BCUT2D eigenvalue weighted by molar-refractivity contribution is 0.464. The number of hydrogen-bond acceptors (Lipinski definition) is 4. The Morgan fingerprint density at radius 3 is 2.06 bits per heavy atom. The fraction of sp³-hybridized carbons (Fsp3) is 0. The van der Waals surface area contributed by atoms with Gasteiger partial charge in [0.25, 0.3) is 0 Å². The average Bonchev–Trinajstić information content (AvgIpc) is 2.25. The molecule has 0 heterocycles. The van der Waals surface area contributed by atoms with Crippen LogP contribution >= 0.6 is 0 Å². The van der Waals surface area contributed by atoms with Gasteiger partial charge >= 0.3 is 0 Å². The smallest absolute Gasteiger partial charge is 0.139 e. The van der Waals surface area contributed by atoms with Crippen LogP contribution < -0.4 is 11.5 Å². The number of hydrogen-bond donors (Lipinski definition) is 4. The Hall–Kier alpha value is -2.36. The molecule has 2 aromatic rings. The molecule has 4 nitrogen and oxygen atoms in total. The second kappa shape index (κ2) is 3.66. The average molecular weight is 216 g/mol. The normalized spacial score (nSPS) is 10.2. The van der Waals surface area contributed by atoms with Crippen LogP contribution in [0.4, 0.5) is 11.4 Å². The Kier molecular flexibility index (Phi) is 2.32. The highest BCUT2D eigenvalue weighted by Gasteiger charge is 2.08. The van der Waals surface area contributed by atoms with Gasteiger partial charge in [-0.2, -0.15) is 0 Å². The van der Waals surface area contributed by atoms with Crippen molar-refractivity contribution in [2.75, 3.05) is 11.5 Å². The molecule has 6 N–H and O–H groups in total. The summed E-state index contributed by atoms with van der Waals surface area (Å²) < 4.78 is 0. The van der Waals surface area contributed by atoms with E-state index < -0.39 is 0 Å². The van der Waals surface area contributed by atoms with Crippen molar-refractivity contribution in [1.29, 1.82) is 0 Å². The van der Waals surface area contributed by atoms with Crippen LogP contribution in [-0.2, 0) is 0 Å². The molecule has 0 unspecified atom stereocenters. The Bertz CT molecular complexity index is 521. The molecule has 2 aromatic carbocycles. The SMILES string of the molecule is Nc1ccc(-c2cc(O)c(N)cc2O)cc1. The summed E-state index contributed by atoms with van der Waals surface area (Å²) in [5.74, 6) is -0.0234. The predicted molar refractivity (Wildman–Crippen MR) is 64.0 cm³/mol. The molecule has 2 rings (SSSR count). The summed E-state index contributed by atoms with van der Waals surface area (Å²) in [6, 6.07) is 9.72. The fourth-order valence-corrected chi connectivity index (χ4v) is 1.49. The van der Waals surface area contributed by atoms with Gasteiger partial charge in [-0.1, -0.05) is 12.1 Å². The zero-order valence-corrected chi connectivity index (χ0v) is 8.51. The van der Waals surface area contributed by atoms with Crippen molar-refractivity contribution < 1.29 is 10.2 Å². The van der Waals surface area contributed by atoms with Gasteiger partial charge in [-0.25, -0.2) is 0 Å². The van der Waals surface area contributed by atoms with Crippen LogP contribution in [0.1, 0.15) is 0 Å². The highest BCUT2D eigenvalue weighted by Crippen LogP contribution is 2.36. The quantitative estimate of drug-likeness (QED) is 0.333. The summed E-state index contributed by atoms with van der Waals surface area (Å²) in [6.07, 6.45) is 0. The lowest BCUT2D eigenvalue weighted by Gasteiger charge is -2.07. The van der Waals surface area contributed by atoms with Crippen LogP contribution in [0.2, 0.25) is 0 Å². The minimum absolute atomic E-state index is 0.0278. The molecule has 0 bridgehead atoms. The van der Waals surface area contributed by atoms with Crippen LogP contribution in [0.15, 0.2) is 36.4 Å². The van der Waals surface area contributed by atoms with E-state index in [2.05, 4.69) is 0 Å². The maximum Gasteiger partial charge on any atom is 0.139 e. The molecular formula is C12H12N2O2. The number of phenolic OH excluding ortho intramolecular Hbond substituents is 2. The molecule has 0 aliphatic carbocycles. The standard InChI is InChI=1S/C12H12N2O2/c13-8-3-1-7(2-4-8)9-5-12(16)10(14)6-11(9)15/h1-6,15-16H,13-14H2. The van der Waals surface area contributed by atoms with E-state index in [4.69, 9.17) is 11.5 Å². The Morgan fingerprint density at radius 1 is 0.812 bits per heavy atom. The topological polar surface area (TPSA) is 92.5 Å². The third-order valence-corrected chi connectivity index (χ3v) is 2.37. The highest BCUT2D eigenvalue weighted by molar-refractivity contribution is 5.76. The van der Waals surface area contributed by atoms with Crippen molar-refractivity contribution in [3.63, 3.8) is 0 Å². The van der Waals surface area contributed by atoms with E-state index in [0.29, 0.717) is 11.3 Å². The first kappa shape index (κ1) is 10.2. The van der Waals surface area contributed by atoms with E-state index in [1.165, 1.54) is 12.1 Å². The number of benzene rings is 2. The lowest BCUT2D eigenvalue weighted by atomic mass is 10.0. The van der Waals surface area contributed by atoms with Crippen molar-refractivity contribution in [3.05, 3.63) is 36.4 Å². The third-order valence-electron chi connectivity index (χ3n) is 2.37. The summed E-state index contributed by atoms with van der Waals surface area (Å²) in [5, 5.41) is 19.2. The summed E-state index contributed by atoms with van der Waals surface area (Å²) in [6.45, 7) is 0. The van der Waals surface area contributed by atoms with E-state index in [1.54, 1.807) is 24.3 Å². The van der Waals surface area contributed by atoms with Crippen molar-refractivity contribution in [3.8, 4) is 22.6 Å². The zero-order valence-electron chi connectivity index (χ0n) is 8.51. The molecule has 0 fully saturated rings. The summed E-state index contributed by atoms with van der Waals surface area (Å²) in [7, 11) is 0. The molecule has 4 heteroatoms. The first-order chi connectivity index (χ1) is 7.58. The maximum atomic E-state index is 9.72. The lowest BCUT2D eigenvalue weighted by Crippen LogP contribution is -1.88. The Morgan fingerprint density at radius 2 is 1.44 bits per heavy atom. The summed E-state index contributed by atoms with van der Waals surface area (Å²) >= 11 is 0. The van der Waals surface area contributed by atoms with Crippen LogP contribution in [0.5, 0.6) is 11.5 Å². The van der Waals surface area contributed by atoms with Crippen LogP contribution in [0, 0.1) is 0 Å². The Labute approximate surface area is 92.8 Å². The molecule has 16 heavy (non-hydrogen) atoms. The van der Waals surface area contributed by atoms with Gasteiger partial charge in [0.15, 0.2) is 0 Å². The van der Waals surface area contributed by atoms with Gasteiger partial charge < -0.3 is 21.7 Å². The van der Waals surface area contributed by atoms with Gasteiger partial charge in [0.1, 0.15) is 11.5 Å². The third kappa shape index (κ3) is 1.72. The molecule has 0 aliphatic rings. The number of nitrogen functional groups attached to an aromatic ring is 2. The van der Waals surface area contributed by atoms with E-state index in [0.717, 1.165) is 5.56 Å². The Balaban J connectivity index is 2.56. The van der Waals surface area contributed by atoms with Gasteiger partial charge in [0.2, 0.25) is 0 Å². The van der Waals surface area contributed by atoms with Gasteiger partial charge in [-0.15, -0.1) is 0 Å². The molecule has 0 amide bonds. The van der Waals surface area contributed by atoms with Crippen LogP contribution in [0.25, 0.3) is 11.1 Å². The molecule has 0 atom stereocenters. The molecular weight excluding hydrogens is 204 g/mol. The molecule has 0 aliphatic heterocycles. The minimum Gasteiger partial charge on any atom is -0.507 e. The van der Waals surface area contributed by atoms with Crippen LogP contribution in [0.3, 0.4) is 0 Å². The predicted octanol–water partition coefficient (Wildman–Crippen LogP) is 1.93. The van der Waals surface area contributed by atoms with Crippen molar-refractivity contribution >= 4 is 11.4 Å². The number of rotatable bonds is 1. The van der Waals surface area contributed by atoms with Crippen LogP contribution in [-0.4, -0.2) is 10.2 Å². The minimum atomic E-state index is -0.0513. The highest BCUT2D eigenvalue weighted by atomic mass is 16.3. The van der Waals surface area contributed by atoms with E-state index in [1.807, 2.05) is 0 Å². The van der Waals surface area contributed by atoms with Gasteiger partial charge in [0, 0.05) is 17.3 Å². The van der Waals surface area contributed by atoms with Crippen molar-refractivity contribution in [2.45, 2.75) is 0 Å². The molecule has 0 spiro atoms. The molecule has 0 aromatic heterocycles. The fourth-order valence-electron chi connectivity index (χ4n) is 1.49. The van der Waals surface area contributed by atoms with E-state index in [-0.39, 0.29) is 17.2 Å². The molecule has 0 saturated heterocycles.